The molecule has 0 saturated heterocycles. The van der Waals surface area contributed by atoms with Gasteiger partial charge in [-0.05, 0) is 43.6 Å². The third kappa shape index (κ3) is 2.82. The fraction of sp³-hybridized carbons (Fsp3) is 0.571. The quantitative estimate of drug-likeness (QED) is 0.799. The Balaban J connectivity index is 1.95. The summed E-state index contributed by atoms with van der Waals surface area (Å²) in [6, 6.07) is 8.44. The van der Waals surface area contributed by atoms with Gasteiger partial charge in [0.25, 0.3) is 0 Å². The minimum Gasteiger partial charge on any atom is -0.392 e. The lowest BCUT2D eigenvalue weighted by Crippen LogP contribution is -2.21. The Labute approximate surface area is 92.1 Å². The predicted molar refractivity (Wildman–Crippen MR) is 62.8 cm³/mol. The maximum Gasteiger partial charge on any atom is 0.0608 e. The molecule has 0 aliphatic heterocycles. The van der Waals surface area contributed by atoms with Gasteiger partial charge in [-0.1, -0.05) is 36.8 Å². The zero-order valence-corrected chi connectivity index (χ0v) is 9.61. The minimum absolute atomic E-state index is 0.167. The zero-order chi connectivity index (χ0) is 10.8. The third-order valence-corrected chi connectivity index (χ3v) is 3.50. The first-order chi connectivity index (χ1) is 7.16. The molecule has 1 N–H and O–H groups in total. The normalized spacial score (nSPS) is 19.9. The van der Waals surface area contributed by atoms with Crippen LogP contribution in [0.2, 0.25) is 0 Å². The van der Waals surface area contributed by atoms with E-state index in [2.05, 4.69) is 38.1 Å². The van der Waals surface area contributed by atoms with Crippen molar-refractivity contribution in [1.29, 1.82) is 0 Å². The van der Waals surface area contributed by atoms with Crippen LogP contribution in [0.15, 0.2) is 24.3 Å². The molecule has 0 spiro atoms. The van der Waals surface area contributed by atoms with Crippen LogP contribution in [0.3, 0.4) is 0 Å². The van der Waals surface area contributed by atoms with Crippen molar-refractivity contribution in [2.75, 3.05) is 0 Å². The van der Waals surface area contributed by atoms with Crippen molar-refractivity contribution in [1.82, 2.24) is 0 Å². The van der Waals surface area contributed by atoms with Gasteiger partial charge >= 0.3 is 0 Å². The van der Waals surface area contributed by atoms with E-state index in [1.54, 1.807) is 0 Å². The van der Waals surface area contributed by atoms with Gasteiger partial charge in [0.05, 0.1) is 6.10 Å². The molecule has 0 radical (unpaired) electrons. The van der Waals surface area contributed by atoms with E-state index in [1.807, 2.05) is 0 Å². The van der Waals surface area contributed by atoms with E-state index in [1.165, 1.54) is 24.0 Å². The molecule has 1 heteroatoms. The fourth-order valence-corrected chi connectivity index (χ4v) is 2.20. The summed E-state index contributed by atoms with van der Waals surface area (Å²) >= 11 is 0. The van der Waals surface area contributed by atoms with Crippen molar-refractivity contribution >= 4 is 0 Å². The highest BCUT2D eigenvalue weighted by Gasteiger charge is 2.32. The van der Waals surface area contributed by atoms with Crippen molar-refractivity contribution in [3.63, 3.8) is 0 Å². The van der Waals surface area contributed by atoms with E-state index in [-0.39, 0.29) is 6.10 Å². The highest BCUT2D eigenvalue weighted by atomic mass is 16.3. The molecule has 0 aromatic heterocycles. The van der Waals surface area contributed by atoms with Gasteiger partial charge in [0.15, 0.2) is 0 Å². The van der Waals surface area contributed by atoms with Crippen LogP contribution < -0.4 is 0 Å². The molecular weight excluding hydrogens is 184 g/mol. The highest BCUT2D eigenvalue weighted by molar-refractivity contribution is 5.22. The molecule has 0 bridgehead atoms. The zero-order valence-electron chi connectivity index (χ0n) is 9.61. The Morgan fingerprint density at radius 2 is 2.13 bits per heavy atom. The first kappa shape index (κ1) is 10.7. The number of hydrogen-bond acceptors (Lipinski definition) is 1. The summed E-state index contributed by atoms with van der Waals surface area (Å²) < 4.78 is 0. The van der Waals surface area contributed by atoms with Crippen LogP contribution in [0.1, 0.15) is 30.9 Å². The van der Waals surface area contributed by atoms with Crippen molar-refractivity contribution in [3.05, 3.63) is 35.4 Å². The number of hydrogen-bond donors (Lipinski definition) is 1. The lowest BCUT2D eigenvalue weighted by Gasteiger charge is -2.18. The molecule has 1 aliphatic carbocycles. The first-order valence-electron chi connectivity index (χ1n) is 5.90. The van der Waals surface area contributed by atoms with Crippen LogP contribution in [0.5, 0.6) is 0 Å². The Kier molecular flexibility index (Phi) is 3.11. The number of aliphatic hydroxyl groups is 1. The Bertz CT molecular complexity index is 328. The van der Waals surface area contributed by atoms with Crippen molar-refractivity contribution < 1.29 is 5.11 Å². The van der Waals surface area contributed by atoms with Crippen molar-refractivity contribution in [2.45, 2.75) is 39.2 Å². The first-order valence-corrected chi connectivity index (χ1v) is 5.90. The van der Waals surface area contributed by atoms with Crippen molar-refractivity contribution in [3.8, 4) is 0 Å². The number of aryl methyl sites for hydroxylation is 1. The predicted octanol–water partition coefficient (Wildman–Crippen LogP) is 2.94. The highest BCUT2D eigenvalue weighted by Crippen LogP contribution is 2.38. The summed E-state index contributed by atoms with van der Waals surface area (Å²) in [6.07, 6.45) is 3.26. The number of benzene rings is 1. The monoisotopic (exact) mass is 204 g/mol. The fourth-order valence-electron chi connectivity index (χ4n) is 2.20. The van der Waals surface area contributed by atoms with Gasteiger partial charge in [0.1, 0.15) is 0 Å². The van der Waals surface area contributed by atoms with Crippen LogP contribution in [0.4, 0.5) is 0 Å². The van der Waals surface area contributed by atoms with E-state index >= 15 is 0 Å². The van der Waals surface area contributed by atoms with Crippen LogP contribution in [-0.2, 0) is 6.42 Å². The third-order valence-electron chi connectivity index (χ3n) is 3.50. The molecule has 0 heterocycles. The maximum absolute atomic E-state index is 10.1. The molecule has 1 nitrogen and oxygen atoms in total. The second kappa shape index (κ2) is 4.36. The van der Waals surface area contributed by atoms with Crippen LogP contribution in [0.25, 0.3) is 0 Å². The summed E-state index contributed by atoms with van der Waals surface area (Å²) in [5.74, 6) is 1.25. The topological polar surface area (TPSA) is 20.2 Å². The summed E-state index contributed by atoms with van der Waals surface area (Å²) in [5.41, 5.74) is 2.54. The molecule has 1 saturated carbocycles. The van der Waals surface area contributed by atoms with E-state index in [0.717, 1.165) is 12.3 Å². The Morgan fingerprint density at radius 3 is 2.73 bits per heavy atom. The van der Waals surface area contributed by atoms with Crippen LogP contribution in [0, 0.1) is 18.8 Å². The van der Waals surface area contributed by atoms with Crippen molar-refractivity contribution in [2.24, 2.45) is 11.8 Å². The molecule has 1 aliphatic rings. The lowest BCUT2D eigenvalue weighted by atomic mass is 9.93. The lowest BCUT2D eigenvalue weighted by molar-refractivity contribution is 0.105. The molecule has 2 atom stereocenters. The minimum atomic E-state index is -0.167. The number of rotatable bonds is 4. The Morgan fingerprint density at radius 1 is 1.40 bits per heavy atom. The van der Waals surface area contributed by atoms with Gasteiger partial charge in [0.2, 0.25) is 0 Å². The molecule has 2 rings (SSSR count). The van der Waals surface area contributed by atoms with Gasteiger partial charge in [-0.15, -0.1) is 0 Å². The molecule has 1 aromatic rings. The summed E-state index contributed by atoms with van der Waals surface area (Å²) in [6.45, 7) is 4.28. The number of aliphatic hydroxyl groups excluding tert-OH is 1. The molecule has 2 unspecified atom stereocenters. The molecule has 15 heavy (non-hydrogen) atoms. The average Bonchev–Trinajstić information content (AvgIpc) is 2.99. The summed E-state index contributed by atoms with van der Waals surface area (Å²) in [5, 5.41) is 10.1. The standard InChI is InChI=1S/C14H20O/c1-10-4-3-5-12(8-10)9-14(15)11(2)13-6-7-13/h3-5,8,11,13-15H,6-7,9H2,1-2H3. The molecule has 1 fully saturated rings. The summed E-state index contributed by atoms with van der Waals surface area (Å²) in [7, 11) is 0. The average molecular weight is 204 g/mol. The molecular formula is C14H20O. The Hall–Kier alpha value is -0.820. The van der Waals surface area contributed by atoms with E-state index < -0.39 is 0 Å². The van der Waals surface area contributed by atoms with Gasteiger partial charge in [0, 0.05) is 0 Å². The van der Waals surface area contributed by atoms with E-state index in [4.69, 9.17) is 0 Å². The molecule has 1 aromatic carbocycles. The smallest absolute Gasteiger partial charge is 0.0608 e. The molecule has 0 amide bonds. The largest absolute Gasteiger partial charge is 0.392 e. The van der Waals surface area contributed by atoms with Gasteiger partial charge in [-0.3, -0.25) is 0 Å². The second-order valence-electron chi connectivity index (χ2n) is 4.96. The van der Waals surface area contributed by atoms with Crippen LogP contribution in [-0.4, -0.2) is 11.2 Å². The van der Waals surface area contributed by atoms with E-state index in [0.29, 0.717) is 5.92 Å². The molecule has 82 valence electrons. The second-order valence-corrected chi connectivity index (χ2v) is 4.96. The van der Waals surface area contributed by atoms with Gasteiger partial charge in [-0.2, -0.15) is 0 Å². The maximum atomic E-state index is 10.1. The van der Waals surface area contributed by atoms with E-state index in [9.17, 15) is 5.11 Å². The van der Waals surface area contributed by atoms with Gasteiger partial charge < -0.3 is 5.11 Å². The summed E-state index contributed by atoms with van der Waals surface area (Å²) in [4.78, 5) is 0. The SMILES string of the molecule is Cc1cccc(CC(O)C(C)C2CC2)c1. The van der Waals surface area contributed by atoms with Crippen LogP contribution >= 0.6 is 0 Å². The van der Waals surface area contributed by atoms with Gasteiger partial charge in [-0.25, -0.2) is 0 Å².